The number of likely N-dealkylation sites (tertiary alicyclic amines) is 1. The molecule has 0 radical (unpaired) electrons. The lowest BCUT2D eigenvalue weighted by atomic mass is 9.74. The molecule has 31 heavy (non-hydrogen) atoms. The van der Waals surface area contributed by atoms with Gasteiger partial charge in [-0.05, 0) is 73.6 Å². The van der Waals surface area contributed by atoms with Crippen molar-refractivity contribution in [2.45, 2.75) is 38.1 Å². The Morgan fingerprint density at radius 2 is 1.94 bits per heavy atom. The molecule has 160 valence electrons. The maximum Gasteiger partial charge on any atom is 0.232 e. The number of hydrogen-bond acceptors (Lipinski definition) is 3. The van der Waals surface area contributed by atoms with Gasteiger partial charge in [0.25, 0.3) is 0 Å². The summed E-state index contributed by atoms with van der Waals surface area (Å²) in [6.45, 7) is 5.96. The highest BCUT2D eigenvalue weighted by atomic mass is 35.5. The van der Waals surface area contributed by atoms with Crippen LogP contribution in [0.2, 0.25) is 5.02 Å². The second kappa shape index (κ2) is 8.42. The minimum Gasteiger partial charge on any atom is -0.311 e. The summed E-state index contributed by atoms with van der Waals surface area (Å²) in [5.41, 5.74) is 5.09. The van der Waals surface area contributed by atoms with E-state index in [0.29, 0.717) is 6.42 Å². The van der Waals surface area contributed by atoms with Crippen molar-refractivity contribution in [2.75, 3.05) is 24.5 Å². The SMILES string of the molecule is Cc1ccc2c(c1)C1(CCN(Cc3cccc(Cl)c3)CC1)CN2C(=O)Cc1cccs1. The van der Waals surface area contributed by atoms with Gasteiger partial charge in [-0.1, -0.05) is 47.5 Å². The lowest BCUT2D eigenvalue weighted by Crippen LogP contribution is -2.46. The Labute approximate surface area is 193 Å². The van der Waals surface area contributed by atoms with E-state index < -0.39 is 0 Å². The molecule has 1 aromatic heterocycles. The van der Waals surface area contributed by atoms with Crippen LogP contribution in [0.4, 0.5) is 5.69 Å². The van der Waals surface area contributed by atoms with Crippen LogP contribution in [0.25, 0.3) is 0 Å². The number of hydrogen-bond donors (Lipinski definition) is 0. The first kappa shape index (κ1) is 20.7. The van der Waals surface area contributed by atoms with E-state index >= 15 is 0 Å². The van der Waals surface area contributed by atoms with Crippen LogP contribution in [0.3, 0.4) is 0 Å². The van der Waals surface area contributed by atoms with E-state index in [0.717, 1.165) is 54.6 Å². The Morgan fingerprint density at radius 3 is 2.68 bits per heavy atom. The van der Waals surface area contributed by atoms with E-state index in [1.807, 2.05) is 23.6 Å². The summed E-state index contributed by atoms with van der Waals surface area (Å²) in [6, 6.07) is 18.8. The van der Waals surface area contributed by atoms with Crippen LogP contribution in [0.1, 0.15) is 34.4 Å². The van der Waals surface area contributed by atoms with Crippen molar-refractivity contribution in [3.05, 3.63) is 86.6 Å². The molecule has 0 bridgehead atoms. The van der Waals surface area contributed by atoms with Gasteiger partial charge in [0.1, 0.15) is 0 Å². The molecule has 2 aliphatic rings. The highest BCUT2D eigenvalue weighted by Gasteiger charge is 2.46. The molecule has 1 fully saturated rings. The van der Waals surface area contributed by atoms with Gasteiger partial charge in [0, 0.05) is 34.1 Å². The average Bonchev–Trinajstić information content (AvgIpc) is 3.37. The average molecular weight is 451 g/mol. The predicted octanol–water partition coefficient (Wildman–Crippen LogP) is 5.83. The summed E-state index contributed by atoms with van der Waals surface area (Å²) >= 11 is 7.83. The number of anilines is 1. The number of thiophene rings is 1. The topological polar surface area (TPSA) is 23.6 Å². The molecular formula is C26H27ClN2OS. The fourth-order valence-corrected chi connectivity index (χ4v) is 6.03. The van der Waals surface area contributed by atoms with Crippen molar-refractivity contribution in [3.8, 4) is 0 Å². The van der Waals surface area contributed by atoms with Crippen LogP contribution in [0.15, 0.2) is 60.0 Å². The Bertz CT molecular complexity index is 1090. The zero-order chi connectivity index (χ0) is 21.4. The number of carbonyl (C=O) groups is 1. The minimum absolute atomic E-state index is 0.0668. The largest absolute Gasteiger partial charge is 0.311 e. The van der Waals surface area contributed by atoms with Gasteiger partial charge >= 0.3 is 0 Å². The lowest BCUT2D eigenvalue weighted by molar-refractivity contribution is -0.118. The maximum absolute atomic E-state index is 13.2. The van der Waals surface area contributed by atoms with E-state index in [1.165, 1.54) is 16.7 Å². The predicted molar refractivity (Wildman–Crippen MR) is 129 cm³/mol. The monoisotopic (exact) mass is 450 g/mol. The van der Waals surface area contributed by atoms with Crippen molar-refractivity contribution in [3.63, 3.8) is 0 Å². The van der Waals surface area contributed by atoms with Gasteiger partial charge in [-0.2, -0.15) is 0 Å². The molecule has 1 saturated heterocycles. The third kappa shape index (κ3) is 4.17. The first-order valence-corrected chi connectivity index (χ1v) is 12.2. The molecule has 2 aliphatic heterocycles. The third-order valence-corrected chi connectivity index (χ3v) is 7.90. The van der Waals surface area contributed by atoms with Crippen LogP contribution in [-0.2, 0) is 23.2 Å². The summed E-state index contributed by atoms with van der Waals surface area (Å²) in [5.74, 6) is 0.214. The number of rotatable bonds is 4. The number of fused-ring (bicyclic) bond motifs is 2. The first-order valence-electron chi connectivity index (χ1n) is 10.9. The van der Waals surface area contributed by atoms with Crippen molar-refractivity contribution in [1.82, 2.24) is 4.90 Å². The summed E-state index contributed by atoms with van der Waals surface area (Å²) in [5, 5.41) is 2.84. The molecule has 3 aromatic rings. The number of benzene rings is 2. The van der Waals surface area contributed by atoms with Gasteiger partial charge in [-0.25, -0.2) is 0 Å². The summed E-state index contributed by atoms with van der Waals surface area (Å²) in [6.07, 6.45) is 2.64. The molecular weight excluding hydrogens is 424 g/mol. The van der Waals surface area contributed by atoms with E-state index in [2.05, 4.69) is 53.1 Å². The second-order valence-electron chi connectivity index (χ2n) is 8.94. The maximum atomic E-state index is 13.2. The standard InChI is InChI=1S/C26H27ClN2OS/c1-19-7-8-24-23(14-19)26(18-29(24)25(30)16-22-6-3-13-31-22)9-11-28(12-10-26)17-20-4-2-5-21(27)15-20/h2-8,13-15H,9-12,16-18H2,1H3. The van der Waals surface area contributed by atoms with Crippen LogP contribution in [0.5, 0.6) is 0 Å². The van der Waals surface area contributed by atoms with Gasteiger partial charge in [0.15, 0.2) is 0 Å². The number of aryl methyl sites for hydroxylation is 1. The van der Waals surface area contributed by atoms with Crippen LogP contribution in [-0.4, -0.2) is 30.4 Å². The smallest absolute Gasteiger partial charge is 0.232 e. The number of halogens is 1. The van der Waals surface area contributed by atoms with E-state index in [1.54, 1.807) is 11.3 Å². The zero-order valence-electron chi connectivity index (χ0n) is 17.8. The van der Waals surface area contributed by atoms with E-state index in [4.69, 9.17) is 11.6 Å². The van der Waals surface area contributed by atoms with Gasteiger partial charge in [0.2, 0.25) is 5.91 Å². The molecule has 5 rings (SSSR count). The summed E-state index contributed by atoms with van der Waals surface area (Å²) in [7, 11) is 0. The minimum atomic E-state index is 0.0668. The number of carbonyl (C=O) groups excluding carboxylic acids is 1. The van der Waals surface area contributed by atoms with Crippen LogP contribution < -0.4 is 4.90 Å². The first-order chi connectivity index (χ1) is 15.0. The molecule has 2 aromatic carbocycles. The van der Waals surface area contributed by atoms with Gasteiger partial charge in [0.05, 0.1) is 6.42 Å². The Balaban J connectivity index is 1.35. The molecule has 1 amide bonds. The summed E-state index contributed by atoms with van der Waals surface area (Å²) in [4.78, 5) is 18.9. The Kier molecular flexibility index (Phi) is 5.63. The quantitative estimate of drug-likeness (QED) is 0.499. The third-order valence-electron chi connectivity index (χ3n) is 6.79. The molecule has 0 N–H and O–H groups in total. The summed E-state index contributed by atoms with van der Waals surface area (Å²) < 4.78 is 0. The molecule has 3 heterocycles. The van der Waals surface area contributed by atoms with E-state index in [-0.39, 0.29) is 11.3 Å². The molecule has 3 nitrogen and oxygen atoms in total. The van der Waals surface area contributed by atoms with Crippen molar-refractivity contribution in [2.24, 2.45) is 0 Å². The van der Waals surface area contributed by atoms with Crippen molar-refractivity contribution in [1.29, 1.82) is 0 Å². The van der Waals surface area contributed by atoms with E-state index in [9.17, 15) is 4.79 Å². The van der Waals surface area contributed by atoms with Crippen molar-refractivity contribution < 1.29 is 4.79 Å². The zero-order valence-corrected chi connectivity index (χ0v) is 19.4. The number of amides is 1. The van der Waals surface area contributed by atoms with Gasteiger partial charge < -0.3 is 4.90 Å². The normalized spacial score (nSPS) is 17.8. The van der Waals surface area contributed by atoms with Crippen molar-refractivity contribution >= 4 is 34.5 Å². The molecule has 0 unspecified atom stereocenters. The Morgan fingerprint density at radius 1 is 1.10 bits per heavy atom. The fourth-order valence-electron chi connectivity index (χ4n) is 5.12. The molecule has 1 spiro atoms. The fraction of sp³-hybridized carbons (Fsp3) is 0.346. The molecule has 0 saturated carbocycles. The highest BCUT2D eigenvalue weighted by Crippen LogP contribution is 2.47. The lowest BCUT2D eigenvalue weighted by Gasteiger charge is -2.40. The molecule has 5 heteroatoms. The van der Waals surface area contributed by atoms with Crippen LogP contribution in [0, 0.1) is 6.92 Å². The number of nitrogens with zero attached hydrogens (tertiary/aromatic N) is 2. The van der Waals surface area contributed by atoms with Gasteiger partial charge in [-0.3, -0.25) is 9.69 Å². The van der Waals surface area contributed by atoms with Crippen LogP contribution >= 0.6 is 22.9 Å². The molecule has 0 atom stereocenters. The van der Waals surface area contributed by atoms with Gasteiger partial charge in [-0.15, -0.1) is 11.3 Å². The highest BCUT2D eigenvalue weighted by molar-refractivity contribution is 7.10. The Hall–Kier alpha value is -2.14. The second-order valence-corrected chi connectivity index (χ2v) is 10.4. The molecule has 0 aliphatic carbocycles. The number of piperidine rings is 1.